The van der Waals surface area contributed by atoms with Gasteiger partial charge in [0, 0.05) is 80.6 Å². The average Bonchev–Trinajstić information content (AvgIpc) is 3.87. The lowest BCUT2D eigenvalue weighted by atomic mass is 9.53. The molecule has 14 nitrogen and oxygen atoms in total. The highest BCUT2D eigenvalue weighted by Gasteiger charge is 2.73. The summed E-state index contributed by atoms with van der Waals surface area (Å²) in [6.45, 7) is 10.5. The van der Waals surface area contributed by atoms with Crippen molar-refractivity contribution in [2.75, 3.05) is 44.6 Å². The first-order valence-corrected chi connectivity index (χ1v) is 25.3. The number of anilines is 1. The van der Waals surface area contributed by atoms with Gasteiger partial charge in [0.2, 0.25) is 23.6 Å². The van der Waals surface area contributed by atoms with Crippen LogP contribution in [0.3, 0.4) is 0 Å². The van der Waals surface area contributed by atoms with Gasteiger partial charge in [-0.2, -0.15) is 0 Å². The summed E-state index contributed by atoms with van der Waals surface area (Å²) in [7, 11) is 1.73. The van der Waals surface area contributed by atoms with Gasteiger partial charge in [-0.05, 0) is 136 Å². The zero-order valence-corrected chi connectivity index (χ0v) is 40.7. The number of hydrogen-bond donors (Lipinski definition) is 4. The van der Waals surface area contributed by atoms with Crippen molar-refractivity contribution in [3.8, 4) is 0 Å². The first-order valence-electron chi connectivity index (χ1n) is 24.6. The van der Waals surface area contributed by atoms with Crippen molar-refractivity contribution in [1.82, 2.24) is 39.9 Å². The van der Waals surface area contributed by atoms with E-state index in [1.165, 1.54) is 10.8 Å². The smallest absolute Gasteiger partial charge is 0.329 e. The number of fused-ring (bicyclic) bond motifs is 4. The summed E-state index contributed by atoms with van der Waals surface area (Å²) in [5.74, 6) is -2.32. The Morgan fingerprint density at radius 1 is 0.882 bits per heavy atom. The third kappa shape index (κ3) is 8.27. The lowest BCUT2D eigenvalue weighted by Gasteiger charge is -2.50. The minimum Gasteiger partial charge on any atom is -0.352 e. The summed E-state index contributed by atoms with van der Waals surface area (Å²) in [4.78, 5) is 76.3. The number of carbonyl (C=O) groups excluding carboxylic acids is 4. The van der Waals surface area contributed by atoms with Crippen molar-refractivity contribution in [3.63, 3.8) is 0 Å². The molecule has 2 aromatic heterocycles. The average molecular weight is 971 g/mol. The largest absolute Gasteiger partial charge is 0.352 e. The van der Waals surface area contributed by atoms with Crippen molar-refractivity contribution in [3.05, 3.63) is 91.8 Å². The second kappa shape index (κ2) is 18.3. The number of nitrogens with one attached hydrogen (secondary N) is 4. The van der Waals surface area contributed by atoms with Crippen molar-refractivity contribution < 1.29 is 23.6 Å². The number of imide groups is 1. The number of hydrogen-bond acceptors (Lipinski definition) is 9. The van der Waals surface area contributed by atoms with Crippen LogP contribution in [0.15, 0.2) is 53.5 Å². The molecule has 10 rings (SSSR count). The summed E-state index contributed by atoms with van der Waals surface area (Å²) in [6.07, 6.45) is 10.4. The summed E-state index contributed by atoms with van der Waals surface area (Å²) >= 11 is 12.8. The van der Waals surface area contributed by atoms with E-state index in [1.807, 2.05) is 24.3 Å². The van der Waals surface area contributed by atoms with Crippen LogP contribution in [-0.4, -0.2) is 104 Å². The van der Waals surface area contributed by atoms with Crippen molar-refractivity contribution >= 4 is 63.6 Å². The highest BCUT2D eigenvalue weighted by Crippen LogP contribution is 2.64. The van der Waals surface area contributed by atoms with Gasteiger partial charge >= 0.3 is 5.69 Å². The van der Waals surface area contributed by atoms with Gasteiger partial charge in [-0.1, -0.05) is 49.2 Å². The maximum Gasteiger partial charge on any atom is 0.329 e. The Balaban J connectivity index is 0.747. The van der Waals surface area contributed by atoms with E-state index < -0.39 is 40.7 Å². The Kier molecular flexibility index (Phi) is 12.6. The lowest BCUT2D eigenvalue weighted by molar-refractivity contribution is -0.136. The molecule has 6 aliphatic rings. The van der Waals surface area contributed by atoms with E-state index in [-0.39, 0.29) is 52.0 Å². The van der Waals surface area contributed by atoms with Gasteiger partial charge in [0.05, 0.1) is 17.1 Å². The predicted molar refractivity (Wildman–Crippen MR) is 259 cm³/mol. The molecule has 4 atom stereocenters. The fourth-order valence-corrected chi connectivity index (χ4v) is 13.3. The Morgan fingerprint density at radius 2 is 1.62 bits per heavy atom. The first kappa shape index (κ1) is 47.0. The number of nitrogens with zero attached hydrogens (tertiary/aromatic N) is 5. The number of pyridine rings is 1. The van der Waals surface area contributed by atoms with Gasteiger partial charge in [-0.15, -0.1) is 0 Å². The summed E-state index contributed by atoms with van der Waals surface area (Å²) < 4.78 is 19.5. The SMILES string of the molecule is Cn1c(=O)n(C2CCC(=O)NC2=O)c2ccc(CCCN3CCN(CC4CCC(NC(=O)[C@@H]5NC6(CCC(C)(C)CC6)[C@@]6(C(=O)Nc7cc(Cl)ccc76)[C@H]5c5ccnc(Cl)c5F)CC4)CC3)cc21. The standard InChI is InChI=1S/C51H62Cl2FN9O5/c1-49(2)17-19-50(20-18-49)51(35-12-9-32(52)28-36(35)57-47(51)67)41(34-16-21-55-44(53)42(34)54)43(59-50)46(66)56-33-10-6-31(7-11-33)29-62-25-23-61(24-26-62)22-4-5-30-8-13-37-39(27-30)60(3)48(68)63(37)38-14-15-40(64)58-45(38)65/h8-9,12-13,16,21,27-28,31,33,38,41,43,59H,4-7,10-11,14-15,17-20,22-26,29H2,1-3H3,(H,56,66)(H,57,67)(H,58,64,65)/t31?,33?,38?,41-,43+,51+/m0/s1. The van der Waals surface area contributed by atoms with E-state index in [0.29, 0.717) is 41.4 Å². The molecule has 5 fully saturated rings. The van der Waals surface area contributed by atoms with Gasteiger partial charge in [0.1, 0.15) is 11.5 Å². The maximum absolute atomic E-state index is 16.4. The van der Waals surface area contributed by atoms with Crippen molar-refractivity contribution in [1.29, 1.82) is 0 Å². The van der Waals surface area contributed by atoms with E-state index in [1.54, 1.807) is 29.8 Å². The normalized spacial score (nSPS) is 28.3. The van der Waals surface area contributed by atoms with Crippen LogP contribution < -0.4 is 27.0 Å². The van der Waals surface area contributed by atoms with E-state index in [2.05, 4.69) is 49.9 Å². The van der Waals surface area contributed by atoms with Crippen LogP contribution in [0.5, 0.6) is 0 Å². The Labute approximate surface area is 406 Å². The second-order valence-corrected chi connectivity index (χ2v) is 22.1. The number of benzene rings is 2. The zero-order chi connectivity index (χ0) is 47.7. The predicted octanol–water partition coefficient (Wildman–Crippen LogP) is 6.37. The summed E-state index contributed by atoms with van der Waals surface area (Å²) in [5, 5.41) is 12.8. The molecule has 362 valence electrons. The Hall–Kier alpha value is -4.67. The minimum absolute atomic E-state index is 0.0407. The molecule has 3 saturated heterocycles. The number of piperazine rings is 1. The molecule has 4 amide bonds. The van der Waals surface area contributed by atoms with Crippen LogP contribution in [-0.2, 0) is 38.1 Å². The number of amides is 4. The number of aryl methyl sites for hydroxylation is 2. The van der Waals surface area contributed by atoms with E-state index in [4.69, 9.17) is 23.2 Å². The third-order valence-corrected chi connectivity index (χ3v) is 17.2. The van der Waals surface area contributed by atoms with E-state index in [9.17, 15) is 24.0 Å². The molecule has 17 heteroatoms. The lowest BCUT2D eigenvalue weighted by Crippen LogP contribution is -2.61. The molecule has 4 aliphatic heterocycles. The van der Waals surface area contributed by atoms with Crippen LogP contribution >= 0.6 is 23.2 Å². The van der Waals surface area contributed by atoms with Gasteiger partial charge in [-0.3, -0.25) is 38.9 Å². The molecule has 4 N–H and O–H groups in total. The van der Waals surface area contributed by atoms with Crippen LogP contribution in [0.2, 0.25) is 10.2 Å². The fraction of sp³-hybridized carbons (Fsp3) is 0.569. The maximum atomic E-state index is 16.4. The molecule has 4 aromatic rings. The van der Waals surface area contributed by atoms with Crippen LogP contribution in [0.1, 0.15) is 113 Å². The molecule has 2 saturated carbocycles. The molecule has 0 radical (unpaired) electrons. The van der Waals surface area contributed by atoms with Gasteiger partial charge in [-0.25, -0.2) is 14.2 Å². The third-order valence-electron chi connectivity index (χ3n) is 16.7. The quantitative estimate of drug-likeness (QED) is 0.105. The van der Waals surface area contributed by atoms with Gasteiger partial charge in [0.15, 0.2) is 11.0 Å². The molecule has 2 aliphatic carbocycles. The second-order valence-electron chi connectivity index (χ2n) is 21.3. The minimum atomic E-state index is -1.31. The van der Waals surface area contributed by atoms with Crippen molar-refractivity contribution in [2.24, 2.45) is 18.4 Å². The topological polar surface area (TPSA) is 163 Å². The zero-order valence-electron chi connectivity index (χ0n) is 39.1. The molecule has 2 aromatic carbocycles. The number of halogens is 3. The van der Waals surface area contributed by atoms with E-state index in [0.717, 1.165) is 107 Å². The van der Waals surface area contributed by atoms with Gasteiger partial charge in [0.25, 0.3) is 0 Å². The number of rotatable bonds is 10. The number of piperidine rings is 1. The summed E-state index contributed by atoms with van der Waals surface area (Å²) in [5.41, 5.74) is 1.77. The molecular weight excluding hydrogens is 909 g/mol. The first-order chi connectivity index (χ1) is 32.6. The van der Waals surface area contributed by atoms with Gasteiger partial charge < -0.3 is 20.4 Å². The van der Waals surface area contributed by atoms with Crippen LogP contribution in [0, 0.1) is 17.2 Å². The fourth-order valence-electron chi connectivity index (χ4n) is 13.0. The Bertz CT molecular complexity index is 2710. The molecular formula is C51H62Cl2FN9O5. The number of carbonyl (C=O) groups is 4. The van der Waals surface area contributed by atoms with Crippen LogP contribution in [0.25, 0.3) is 11.0 Å². The molecule has 0 bridgehead atoms. The number of imidazole rings is 1. The molecule has 1 unspecified atom stereocenters. The monoisotopic (exact) mass is 969 g/mol. The van der Waals surface area contributed by atoms with E-state index >= 15 is 4.39 Å². The van der Waals surface area contributed by atoms with Crippen molar-refractivity contribution in [2.45, 2.75) is 126 Å². The molecule has 6 heterocycles. The number of aromatic nitrogens is 3. The highest BCUT2D eigenvalue weighted by molar-refractivity contribution is 6.31. The molecule has 2 spiro atoms. The molecule has 68 heavy (non-hydrogen) atoms. The summed E-state index contributed by atoms with van der Waals surface area (Å²) in [6, 6.07) is 11.3. The Morgan fingerprint density at radius 3 is 2.35 bits per heavy atom. The van der Waals surface area contributed by atoms with Crippen LogP contribution in [0.4, 0.5) is 10.1 Å². The highest BCUT2D eigenvalue weighted by atomic mass is 35.5.